The summed E-state index contributed by atoms with van der Waals surface area (Å²) < 4.78 is 0. The Morgan fingerprint density at radius 3 is 2.67 bits per heavy atom. The zero-order valence-corrected chi connectivity index (χ0v) is 12.8. The van der Waals surface area contributed by atoms with Crippen LogP contribution >= 0.6 is 0 Å². The molecule has 24 heavy (non-hydrogen) atoms. The summed E-state index contributed by atoms with van der Waals surface area (Å²) in [6.45, 7) is 4.06. The molecular formula is C18H15N3O3. The van der Waals surface area contributed by atoms with Gasteiger partial charge in [-0.2, -0.15) is 5.10 Å². The molecule has 0 saturated heterocycles. The molecule has 1 aliphatic rings. The zero-order valence-electron chi connectivity index (χ0n) is 12.8. The van der Waals surface area contributed by atoms with E-state index in [2.05, 4.69) is 16.8 Å². The molecule has 0 bridgehead atoms. The Labute approximate surface area is 138 Å². The molecule has 0 atom stereocenters. The Bertz CT molecular complexity index is 872. The minimum absolute atomic E-state index is 0.210. The van der Waals surface area contributed by atoms with Gasteiger partial charge in [-0.05, 0) is 29.8 Å². The summed E-state index contributed by atoms with van der Waals surface area (Å²) in [7, 11) is 0. The van der Waals surface area contributed by atoms with Gasteiger partial charge in [-0.3, -0.25) is 4.79 Å². The number of rotatable bonds is 4. The summed E-state index contributed by atoms with van der Waals surface area (Å²) in [6.07, 6.45) is 3.05. The molecule has 0 fully saturated rings. The van der Waals surface area contributed by atoms with E-state index < -0.39 is 0 Å². The van der Waals surface area contributed by atoms with Crippen LogP contribution in [0.2, 0.25) is 0 Å². The second kappa shape index (κ2) is 6.37. The molecule has 6 heteroatoms. The third-order valence-corrected chi connectivity index (χ3v) is 3.57. The van der Waals surface area contributed by atoms with Crippen molar-refractivity contribution < 1.29 is 15.0 Å². The van der Waals surface area contributed by atoms with Crippen LogP contribution in [-0.4, -0.2) is 34.6 Å². The van der Waals surface area contributed by atoms with E-state index in [1.54, 1.807) is 17.0 Å². The van der Waals surface area contributed by atoms with Gasteiger partial charge in [0.05, 0.1) is 11.9 Å². The first-order valence-electron chi connectivity index (χ1n) is 7.27. The fourth-order valence-corrected chi connectivity index (χ4v) is 2.44. The maximum Gasteiger partial charge on any atom is 0.279 e. The Hall–Kier alpha value is -3.41. The summed E-state index contributed by atoms with van der Waals surface area (Å²) >= 11 is 0. The number of para-hydroxylation sites is 1. The molecule has 2 N–H and O–H groups in total. The topological polar surface area (TPSA) is 85.5 Å². The average Bonchev–Trinajstić information content (AvgIpc) is 2.84. The minimum atomic E-state index is -0.244. The number of benzene rings is 2. The van der Waals surface area contributed by atoms with Gasteiger partial charge in [0, 0.05) is 12.1 Å². The van der Waals surface area contributed by atoms with E-state index in [4.69, 9.17) is 0 Å². The predicted molar refractivity (Wildman–Crippen MR) is 92.9 cm³/mol. The van der Waals surface area contributed by atoms with Crippen molar-refractivity contribution in [2.24, 2.45) is 10.2 Å². The summed E-state index contributed by atoms with van der Waals surface area (Å²) in [4.78, 5) is 14.1. The molecule has 1 aliphatic heterocycles. The van der Waals surface area contributed by atoms with Crippen molar-refractivity contribution >= 4 is 23.5 Å². The van der Waals surface area contributed by atoms with Gasteiger partial charge < -0.3 is 15.1 Å². The van der Waals surface area contributed by atoms with Crippen LogP contribution in [0.25, 0.3) is 0 Å². The molecule has 3 rings (SSSR count). The van der Waals surface area contributed by atoms with E-state index in [9.17, 15) is 15.0 Å². The normalized spacial score (nSPS) is 15.2. The Kier molecular flexibility index (Phi) is 4.11. The number of hydrogen-bond acceptors (Lipinski definition) is 5. The third kappa shape index (κ3) is 2.77. The first-order valence-corrected chi connectivity index (χ1v) is 7.27. The van der Waals surface area contributed by atoms with E-state index in [0.717, 1.165) is 11.3 Å². The maximum absolute atomic E-state index is 12.5. The van der Waals surface area contributed by atoms with Crippen molar-refractivity contribution in [3.8, 4) is 11.5 Å². The van der Waals surface area contributed by atoms with Gasteiger partial charge in [0.2, 0.25) is 0 Å². The number of anilines is 1. The van der Waals surface area contributed by atoms with Gasteiger partial charge in [-0.15, -0.1) is 11.7 Å². The van der Waals surface area contributed by atoms with Crippen LogP contribution in [0.4, 0.5) is 5.69 Å². The molecule has 2 aromatic carbocycles. The Morgan fingerprint density at radius 1 is 1.12 bits per heavy atom. The molecule has 0 saturated carbocycles. The van der Waals surface area contributed by atoms with Crippen LogP contribution in [0.3, 0.4) is 0 Å². The van der Waals surface area contributed by atoms with E-state index in [1.807, 2.05) is 24.3 Å². The average molecular weight is 321 g/mol. The van der Waals surface area contributed by atoms with Gasteiger partial charge in [0.15, 0.2) is 17.2 Å². The van der Waals surface area contributed by atoms with Crippen molar-refractivity contribution in [2.45, 2.75) is 0 Å². The van der Waals surface area contributed by atoms with Crippen LogP contribution in [0.15, 0.2) is 65.3 Å². The maximum atomic E-state index is 12.5. The van der Waals surface area contributed by atoms with Crippen molar-refractivity contribution in [3.63, 3.8) is 0 Å². The second-order valence-corrected chi connectivity index (χ2v) is 5.16. The first kappa shape index (κ1) is 15.5. The molecule has 2 aromatic rings. The van der Waals surface area contributed by atoms with E-state index in [1.165, 1.54) is 18.3 Å². The van der Waals surface area contributed by atoms with E-state index in [-0.39, 0.29) is 23.1 Å². The first-order chi connectivity index (χ1) is 11.6. The number of carbonyl (C=O) groups is 1. The van der Waals surface area contributed by atoms with Crippen LogP contribution in [-0.2, 0) is 4.79 Å². The van der Waals surface area contributed by atoms with Crippen LogP contribution in [0.1, 0.15) is 11.1 Å². The van der Waals surface area contributed by atoms with Gasteiger partial charge >= 0.3 is 0 Å². The smallest absolute Gasteiger partial charge is 0.279 e. The Balaban J connectivity index is 1.92. The molecule has 120 valence electrons. The van der Waals surface area contributed by atoms with E-state index in [0.29, 0.717) is 12.1 Å². The quantitative estimate of drug-likeness (QED) is 0.392. The largest absolute Gasteiger partial charge is 0.504 e. The second-order valence-electron chi connectivity index (χ2n) is 5.16. The number of amides is 1. The lowest BCUT2D eigenvalue weighted by Crippen LogP contribution is -2.30. The van der Waals surface area contributed by atoms with Crippen molar-refractivity contribution in [3.05, 3.63) is 66.2 Å². The summed E-state index contributed by atoms with van der Waals surface area (Å²) in [5.41, 5.74) is 2.30. The molecule has 0 radical (unpaired) electrons. The third-order valence-electron chi connectivity index (χ3n) is 3.57. The van der Waals surface area contributed by atoms with Gasteiger partial charge in [0.25, 0.3) is 5.91 Å². The van der Waals surface area contributed by atoms with E-state index >= 15 is 0 Å². The van der Waals surface area contributed by atoms with Crippen molar-refractivity contribution in [1.82, 2.24) is 0 Å². The molecule has 0 spiro atoms. The molecule has 1 amide bonds. The Morgan fingerprint density at radius 2 is 1.92 bits per heavy atom. The number of hydrogen-bond donors (Lipinski definition) is 2. The van der Waals surface area contributed by atoms with Gasteiger partial charge in [-0.1, -0.05) is 24.3 Å². The lowest BCUT2D eigenvalue weighted by Gasteiger charge is -2.13. The molecule has 6 nitrogen and oxygen atoms in total. The van der Waals surface area contributed by atoms with Crippen LogP contribution < -0.4 is 4.90 Å². The predicted octanol–water partition coefficient (Wildman–Crippen LogP) is 2.45. The van der Waals surface area contributed by atoms with Crippen molar-refractivity contribution in [1.29, 1.82) is 0 Å². The monoisotopic (exact) mass is 321 g/mol. The molecule has 1 heterocycles. The number of nitrogens with zero attached hydrogens (tertiary/aromatic N) is 3. The number of aromatic hydroxyl groups is 2. The van der Waals surface area contributed by atoms with Crippen LogP contribution in [0, 0.1) is 0 Å². The highest BCUT2D eigenvalue weighted by Crippen LogP contribution is 2.29. The number of phenols is 2. The summed E-state index contributed by atoms with van der Waals surface area (Å²) in [5.74, 6) is -0.689. The highest BCUT2D eigenvalue weighted by molar-refractivity contribution is 6.54. The van der Waals surface area contributed by atoms with Gasteiger partial charge in [-0.25, -0.2) is 0 Å². The number of carbonyl (C=O) groups excluding carboxylic acids is 1. The minimum Gasteiger partial charge on any atom is -0.504 e. The zero-order chi connectivity index (χ0) is 17.1. The lowest BCUT2D eigenvalue weighted by atomic mass is 10.1. The molecule has 0 aromatic heterocycles. The molecular weight excluding hydrogens is 306 g/mol. The summed E-state index contributed by atoms with van der Waals surface area (Å²) in [5, 5.41) is 26.7. The van der Waals surface area contributed by atoms with Crippen LogP contribution in [0.5, 0.6) is 11.5 Å². The molecule has 0 aliphatic carbocycles. The fourth-order valence-electron chi connectivity index (χ4n) is 2.44. The fraction of sp³-hybridized carbons (Fsp3) is 0.0556. The SMILES string of the molecule is C=CCN1C(=O)/C(=N\N=C/c2ccc(O)c(O)c2)c2ccccc21. The highest BCUT2D eigenvalue weighted by Gasteiger charge is 2.32. The highest BCUT2D eigenvalue weighted by atomic mass is 16.3. The number of phenolic OH excluding ortho intramolecular Hbond substituents is 2. The lowest BCUT2D eigenvalue weighted by molar-refractivity contribution is -0.112. The van der Waals surface area contributed by atoms with Crippen molar-refractivity contribution in [2.75, 3.05) is 11.4 Å². The number of fused-ring (bicyclic) bond motifs is 1. The standard InChI is InChI=1S/C18H15N3O3/c1-2-9-21-14-6-4-3-5-13(14)17(18(21)24)20-19-11-12-7-8-15(22)16(23)10-12/h2-8,10-11,22-23H,1,9H2/b19-11-,20-17-. The molecule has 0 unspecified atom stereocenters. The summed E-state index contributed by atoms with van der Waals surface area (Å²) in [6, 6.07) is 11.6. The van der Waals surface area contributed by atoms with Gasteiger partial charge in [0.1, 0.15) is 0 Å².